The van der Waals surface area contributed by atoms with Crippen molar-refractivity contribution in [3.05, 3.63) is 24.3 Å². The number of unbranched alkanes of at least 4 members (excludes halogenated alkanes) is 2. The molecule has 0 spiro atoms. The zero-order valence-electron chi connectivity index (χ0n) is 13.4. The van der Waals surface area contributed by atoms with Crippen molar-refractivity contribution in [2.75, 3.05) is 19.4 Å². The fourth-order valence-corrected chi connectivity index (χ4v) is 2.49. The molecule has 0 radical (unpaired) electrons. The molecule has 1 aromatic carbocycles. The lowest BCUT2D eigenvalue weighted by Crippen LogP contribution is -2.26. The van der Waals surface area contributed by atoms with Crippen LogP contribution in [0.5, 0.6) is 5.75 Å². The number of nitrogens with one attached hydrogen (secondary N) is 1. The highest BCUT2D eigenvalue weighted by atomic mass is 32.2. The summed E-state index contributed by atoms with van der Waals surface area (Å²) in [7, 11) is 1.61. The first-order valence-corrected chi connectivity index (χ1v) is 8.59. The van der Waals surface area contributed by atoms with Gasteiger partial charge in [0.15, 0.2) is 0 Å². The van der Waals surface area contributed by atoms with Gasteiger partial charge in [0, 0.05) is 12.1 Å². The standard InChI is InChI=1S/C16H21N3O3S/c1-3-4-5-10-17-14(20)11-23-16-19-18-15(22-16)12-6-8-13(21-2)9-7-12/h6-9H,3-5,10-11H2,1-2H3,(H,17,20). The molecule has 1 heterocycles. The molecule has 1 N–H and O–H groups in total. The zero-order chi connectivity index (χ0) is 16.5. The van der Waals surface area contributed by atoms with E-state index in [4.69, 9.17) is 9.15 Å². The lowest BCUT2D eigenvalue weighted by molar-refractivity contribution is -0.118. The third kappa shape index (κ3) is 5.59. The van der Waals surface area contributed by atoms with E-state index in [1.165, 1.54) is 11.8 Å². The lowest BCUT2D eigenvalue weighted by atomic mass is 10.2. The number of hydrogen-bond acceptors (Lipinski definition) is 6. The molecular formula is C16H21N3O3S. The number of carbonyl (C=O) groups is 1. The van der Waals surface area contributed by atoms with Crippen molar-refractivity contribution in [1.82, 2.24) is 15.5 Å². The van der Waals surface area contributed by atoms with Gasteiger partial charge in [-0.3, -0.25) is 4.79 Å². The van der Waals surface area contributed by atoms with Gasteiger partial charge in [0.2, 0.25) is 11.8 Å². The molecule has 124 valence electrons. The van der Waals surface area contributed by atoms with Crippen LogP contribution in [0.15, 0.2) is 33.9 Å². The minimum atomic E-state index is -0.0182. The fraction of sp³-hybridized carbons (Fsp3) is 0.438. The summed E-state index contributed by atoms with van der Waals surface area (Å²) < 4.78 is 10.7. The van der Waals surface area contributed by atoms with Gasteiger partial charge in [0.05, 0.1) is 12.9 Å². The van der Waals surface area contributed by atoms with Crippen LogP contribution in [0, 0.1) is 0 Å². The molecule has 6 nitrogen and oxygen atoms in total. The molecule has 2 rings (SSSR count). The van der Waals surface area contributed by atoms with Crippen LogP contribution in [0.2, 0.25) is 0 Å². The van der Waals surface area contributed by atoms with Crippen molar-refractivity contribution < 1.29 is 13.9 Å². The Balaban J connectivity index is 1.81. The summed E-state index contributed by atoms with van der Waals surface area (Å²) in [6, 6.07) is 7.36. The summed E-state index contributed by atoms with van der Waals surface area (Å²) in [4.78, 5) is 11.7. The largest absolute Gasteiger partial charge is 0.497 e. The van der Waals surface area contributed by atoms with E-state index in [1.54, 1.807) is 7.11 Å². The smallest absolute Gasteiger partial charge is 0.277 e. The van der Waals surface area contributed by atoms with Crippen molar-refractivity contribution in [3.8, 4) is 17.2 Å². The van der Waals surface area contributed by atoms with Gasteiger partial charge in [-0.1, -0.05) is 31.5 Å². The third-order valence-corrected chi connectivity index (χ3v) is 3.99. The van der Waals surface area contributed by atoms with Crippen LogP contribution < -0.4 is 10.1 Å². The van der Waals surface area contributed by atoms with E-state index in [9.17, 15) is 4.79 Å². The number of nitrogens with zero attached hydrogens (tertiary/aromatic N) is 2. The third-order valence-electron chi connectivity index (χ3n) is 3.17. The Morgan fingerprint density at radius 1 is 1.26 bits per heavy atom. The molecule has 23 heavy (non-hydrogen) atoms. The predicted molar refractivity (Wildman–Crippen MR) is 89.5 cm³/mol. The molecular weight excluding hydrogens is 314 g/mol. The Morgan fingerprint density at radius 2 is 2.04 bits per heavy atom. The average Bonchev–Trinajstić information content (AvgIpc) is 3.06. The molecule has 0 aliphatic heterocycles. The van der Waals surface area contributed by atoms with Gasteiger partial charge >= 0.3 is 0 Å². The molecule has 0 saturated heterocycles. The van der Waals surface area contributed by atoms with E-state index in [1.807, 2.05) is 24.3 Å². The van der Waals surface area contributed by atoms with Crippen molar-refractivity contribution >= 4 is 17.7 Å². The van der Waals surface area contributed by atoms with Gasteiger partial charge in [0.1, 0.15) is 5.75 Å². The number of benzene rings is 1. The van der Waals surface area contributed by atoms with Crippen LogP contribution in [0.3, 0.4) is 0 Å². The Bertz CT molecular complexity index is 613. The minimum absolute atomic E-state index is 0.0182. The van der Waals surface area contributed by atoms with E-state index in [-0.39, 0.29) is 11.7 Å². The van der Waals surface area contributed by atoms with Gasteiger partial charge in [-0.15, -0.1) is 10.2 Å². The summed E-state index contributed by atoms with van der Waals surface area (Å²) in [6.07, 6.45) is 3.28. The van der Waals surface area contributed by atoms with Crippen LogP contribution in [0.4, 0.5) is 0 Å². The SMILES string of the molecule is CCCCCNC(=O)CSc1nnc(-c2ccc(OC)cc2)o1. The molecule has 2 aromatic rings. The quantitative estimate of drug-likeness (QED) is 0.560. The molecule has 0 saturated carbocycles. The number of aromatic nitrogens is 2. The second-order valence-electron chi connectivity index (χ2n) is 4.95. The Morgan fingerprint density at radius 3 is 2.74 bits per heavy atom. The number of rotatable bonds is 9. The maximum absolute atomic E-state index is 11.7. The predicted octanol–water partition coefficient (Wildman–Crippen LogP) is 3.14. The van der Waals surface area contributed by atoms with Crippen LogP contribution >= 0.6 is 11.8 Å². The van der Waals surface area contributed by atoms with Gasteiger partial charge in [0.25, 0.3) is 5.22 Å². The Hall–Kier alpha value is -2.02. The minimum Gasteiger partial charge on any atom is -0.497 e. The molecule has 0 bridgehead atoms. The second-order valence-corrected chi connectivity index (χ2v) is 5.87. The fourth-order valence-electron chi connectivity index (χ4n) is 1.90. The second kappa shape index (κ2) is 9.19. The number of thioether (sulfide) groups is 1. The van der Waals surface area contributed by atoms with Gasteiger partial charge in [-0.05, 0) is 30.7 Å². The number of amides is 1. The van der Waals surface area contributed by atoms with Crippen molar-refractivity contribution in [1.29, 1.82) is 0 Å². The first-order valence-electron chi connectivity index (χ1n) is 7.60. The molecule has 0 atom stereocenters. The first kappa shape index (κ1) is 17.3. The number of methoxy groups -OCH3 is 1. The van der Waals surface area contributed by atoms with E-state index >= 15 is 0 Å². The van der Waals surface area contributed by atoms with Gasteiger partial charge in [-0.25, -0.2) is 0 Å². The summed E-state index contributed by atoms with van der Waals surface area (Å²) in [6.45, 7) is 2.85. The van der Waals surface area contributed by atoms with E-state index in [2.05, 4.69) is 22.4 Å². The molecule has 0 unspecified atom stereocenters. The van der Waals surface area contributed by atoms with Crippen LogP contribution in [0.25, 0.3) is 11.5 Å². The van der Waals surface area contributed by atoms with E-state index < -0.39 is 0 Å². The maximum Gasteiger partial charge on any atom is 0.277 e. The molecule has 1 amide bonds. The Kier molecular flexibility index (Phi) is 6.93. The zero-order valence-corrected chi connectivity index (χ0v) is 14.2. The number of ether oxygens (including phenoxy) is 1. The summed E-state index contributed by atoms with van der Waals surface area (Å²) >= 11 is 1.24. The monoisotopic (exact) mass is 335 g/mol. The topological polar surface area (TPSA) is 77.2 Å². The van der Waals surface area contributed by atoms with Gasteiger partial charge in [-0.2, -0.15) is 0 Å². The van der Waals surface area contributed by atoms with Crippen LogP contribution in [0.1, 0.15) is 26.2 Å². The summed E-state index contributed by atoms with van der Waals surface area (Å²) in [5.74, 6) is 1.45. The highest BCUT2D eigenvalue weighted by Crippen LogP contribution is 2.24. The Labute approximate surface area is 140 Å². The highest BCUT2D eigenvalue weighted by molar-refractivity contribution is 7.99. The van der Waals surface area contributed by atoms with Crippen LogP contribution in [-0.2, 0) is 4.79 Å². The summed E-state index contributed by atoms with van der Waals surface area (Å²) in [5, 5.41) is 11.2. The normalized spacial score (nSPS) is 10.5. The molecule has 1 aromatic heterocycles. The highest BCUT2D eigenvalue weighted by Gasteiger charge is 2.11. The number of carbonyl (C=O) groups excluding carboxylic acids is 1. The lowest BCUT2D eigenvalue weighted by Gasteiger charge is -2.02. The first-order chi connectivity index (χ1) is 11.2. The van der Waals surface area contributed by atoms with Crippen molar-refractivity contribution in [2.24, 2.45) is 0 Å². The average molecular weight is 335 g/mol. The van der Waals surface area contributed by atoms with Crippen molar-refractivity contribution in [2.45, 2.75) is 31.4 Å². The maximum atomic E-state index is 11.7. The van der Waals surface area contributed by atoms with Crippen molar-refractivity contribution in [3.63, 3.8) is 0 Å². The van der Waals surface area contributed by atoms with E-state index in [0.717, 1.165) is 30.6 Å². The van der Waals surface area contributed by atoms with Gasteiger partial charge < -0.3 is 14.5 Å². The molecule has 0 aliphatic carbocycles. The molecule has 0 aliphatic rings. The molecule has 0 fully saturated rings. The van der Waals surface area contributed by atoms with E-state index in [0.29, 0.717) is 17.7 Å². The summed E-state index contributed by atoms with van der Waals surface area (Å²) in [5.41, 5.74) is 0.814. The van der Waals surface area contributed by atoms with Crippen LogP contribution in [-0.4, -0.2) is 35.5 Å². The molecule has 7 heteroatoms. The number of hydrogen-bond donors (Lipinski definition) is 1.